The van der Waals surface area contributed by atoms with E-state index in [0.29, 0.717) is 47.6 Å². The first kappa shape index (κ1) is 17.6. The molecule has 3 heterocycles. The topological polar surface area (TPSA) is 102 Å². The molecule has 1 fully saturated rings. The van der Waals surface area contributed by atoms with Crippen molar-refractivity contribution in [2.45, 2.75) is 25.3 Å². The minimum atomic E-state index is -0.148. The number of hydrogen-bond acceptors (Lipinski definition) is 7. The summed E-state index contributed by atoms with van der Waals surface area (Å²) in [5.74, 6) is 2.49. The molecule has 0 saturated heterocycles. The monoisotopic (exact) mass is 394 g/mol. The number of hydrogen-bond donors (Lipinski definition) is 3. The molecule has 0 radical (unpaired) electrons. The lowest BCUT2D eigenvalue weighted by Crippen LogP contribution is -2.39. The number of nitrogens with one attached hydrogen (secondary N) is 3. The van der Waals surface area contributed by atoms with E-state index in [-0.39, 0.29) is 11.9 Å². The van der Waals surface area contributed by atoms with Crippen LogP contribution in [0.4, 0.5) is 17.3 Å². The number of amides is 1. The highest BCUT2D eigenvalue weighted by Gasteiger charge is 2.24. The molecule has 1 amide bonds. The Labute approximate surface area is 167 Å². The smallest absolute Gasteiger partial charge is 0.256 e. The van der Waals surface area contributed by atoms with E-state index in [4.69, 9.17) is 9.47 Å². The van der Waals surface area contributed by atoms with Gasteiger partial charge < -0.3 is 25.4 Å². The lowest BCUT2D eigenvalue weighted by molar-refractivity contribution is 0.0918. The summed E-state index contributed by atoms with van der Waals surface area (Å²) in [5.41, 5.74) is 1.69. The largest absolute Gasteiger partial charge is 0.486 e. The van der Waals surface area contributed by atoms with Gasteiger partial charge in [-0.1, -0.05) is 6.07 Å². The predicted molar refractivity (Wildman–Crippen MR) is 108 cm³/mol. The van der Waals surface area contributed by atoms with Gasteiger partial charge in [0, 0.05) is 19.2 Å². The molecule has 0 spiro atoms. The van der Waals surface area contributed by atoms with E-state index in [2.05, 4.69) is 26.0 Å². The molecule has 0 atom stereocenters. The average molecular weight is 394 g/mol. The summed E-state index contributed by atoms with van der Waals surface area (Å²) in [5, 5.41) is 13.8. The number of carbonyl (C=O) groups is 1. The minimum absolute atomic E-state index is 0.148. The van der Waals surface area contributed by atoms with E-state index in [1.165, 1.54) is 0 Å². The third kappa shape index (κ3) is 3.18. The maximum Gasteiger partial charge on any atom is 0.256 e. The molecular formula is C20H22N6O3. The van der Waals surface area contributed by atoms with Gasteiger partial charge >= 0.3 is 0 Å². The molecule has 1 aliphatic heterocycles. The van der Waals surface area contributed by atoms with Crippen LogP contribution in [0, 0.1) is 0 Å². The van der Waals surface area contributed by atoms with Crippen molar-refractivity contribution in [2.75, 3.05) is 30.9 Å². The predicted octanol–water partition coefficient (Wildman–Crippen LogP) is 2.57. The van der Waals surface area contributed by atoms with Crippen molar-refractivity contribution in [1.29, 1.82) is 0 Å². The summed E-state index contributed by atoms with van der Waals surface area (Å²) < 4.78 is 13.0. The third-order valence-electron chi connectivity index (χ3n) is 5.24. The molecule has 9 nitrogen and oxygen atoms in total. The van der Waals surface area contributed by atoms with Crippen LogP contribution in [0.15, 0.2) is 30.5 Å². The normalized spacial score (nSPS) is 15.6. The number of anilines is 3. The number of fused-ring (bicyclic) bond motifs is 2. The molecule has 5 rings (SSSR count). The average Bonchev–Trinajstić information content (AvgIpc) is 3.14. The molecule has 9 heteroatoms. The highest BCUT2D eigenvalue weighted by atomic mass is 16.6. The zero-order chi connectivity index (χ0) is 19.8. The zero-order valence-electron chi connectivity index (χ0n) is 16.1. The molecule has 1 saturated carbocycles. The van der Waals surface area contributed by atoms with E-state index >= 15 is 0 Å². The lowest BCUT2D eigenvalue weighted by Gasteiger charge is -2.26. The number of nitrogens with zero attached hydrogens (tertiary/aromatic N) is 3. The summed E-state index contributed by atoms with van der Waals surface area (Å²) in [6.45, 7) is 1.02. The van der Waals surface area contributed by atoms with Crippen LogP contribution in [0.3, 0.4) is 0 Å². The van der Waals surface area contributed by atoms with E-state index in [1.807, 2.05) is 24.3 Å². The van der Waals surface area contributed by atoms with Crippen LogP contribution in [0.25, 0.3) is 5.65 Å². The summed E-state index contributed by atoms with van der Waals surface area (Å²) in [4.78, 5) is 17.4. The first-order chi connectivity index (χ1) is 14.2. The summed E-state index contributed by atoms with van der Waals surface area (Å²) in [6.07, 6.45) is 4.76. The molecule has 0 unspecified atom stereocenters. The van der Waals surface area contributed by atoms with Crippen LogP contribution >= 0.6 is 0 Å². The molecule has 0 bridgehead atoms. The molecule has 29 heavy (non-hydrogen) atoms. The highest BCUT2D eigenvalue weighted by Crippen LogP contribution is 2.38. The van der Waals surface area contributed by atoms with Gasteiger partial charge in [0.15, 0.2) is 17.1 Å². The zero-order valence-corrected chi connectivity index (χ0v) is 16.1. The van der Waals surface area contributed by atoms with Gasteiger partial charge in [-0.3, -0.25) is 4.79 Å². The Hall–Kier alpha value is -3.49. The Bertz CT molecular complexity index is 1080. The van der Waals surface area contributed by atoms with Gasteiger partial charge in [-0.05, 0) is 31.4 Å². The van der Waals surface area contributed by atoms with Crippen LogP contribution in [-0.4, -0.2) is 46.8 Å². The molecule has 3 N–H and O–H groups in total. The minimum Gasteiger partial charge on any atom is -0.486 e. The Balaban J connectivity index is 1.51. The maximum atomic E-state index is 12.7. The first-order valence-corrected chi connectivity index (χ1v) is 9.76. The SMILES string of the molecule is CNc1cc(Nc2cccc3c2OCCO3)nc2c(C(=O)NC3CCC3)cnn12. The van der Waals surface area contributed by atoms with Gasteiger partial charge in [0.1, 0.15) is 30.4 Å². The van der Waals surface area contributed by atoms with Gasteiger partial charge in [-0.25, -0.2) is 4.98 Å². The Morgan fingerprint density at radius 2 is 2.10 bits per heavy atom. The van der Waals surface area contributed by atoms with Crippen LogP contribution in [-0.2, 0) is 0 Å². The molecule has 150 valence electrons. The summed E-state index contributed by atoms with van der Waals surface area (Å²) in [6, 6.07) is 7.74. The molecule has 2 aromatic heterocycles. The molecule has 3 aromatic rings. The quantitative estimate of drug-likeness (QED) is 0.611. The standard InChI is InChI=1S/C20H22N6O3/c1-21-17-10-16(24-14-6-3-7-15-18(14)29-9-8-28-15)25-19-13(11-22-26(17)19)20(27)23-12-4-2-5-12/h3,6-7,10-12,21H,2,4-5,8-9H2,1H3,(H,23,27)(H,24,25). The van der Waals surface area contributed by atoms with Crippen molar-refractivity contribution in [3.05, 3.63) is 36.0 Å². The summed E-state index contributed by atoms with van der Waals surface area (Å²) in [7, 11) is 1.80. The van der Waals surface area contributed by atoms with Crippen molar-refractivity contribution in [1.82, 2.24) is 19.9 Å². The fourth-order valence-corrected chi connectivity index (χ4v) is 3.49. The van der Waals surface area contributed by atoms with Crippen molar-refractivity contribution >= 4 is 28.9 Å². The number of carbonyl (C=O) groups excluding carboxylic acids is 1. The second-order valence-electron chi connectivity index (χ2n) is 7.13. The van der Waals surface area contributed by atoms with Gasteiger partial charge in [0.2, 0.25) is 0 Å². The summed E-state index contributed by atoms with van der Waals surface area (Å²) >= 11 is 0. The van der Waals surface area contributed by atoms with Crippen molar-refractivity contribution in [3.63, 3.8) is 0 Å². The van der Waals surface area contributed by atoms with E-state index < -0.39 is 0 Å². The fourth-order valence-electron chi connectivity index (χ4n) is 3.49. The first-order valence-electron chi connectivity index (χ1n) is 9.76. The van der Waals surface area contributed by atoms with Gasteiger partial charge in [-0.15, -0.1) is 0 Å². The van der Waals surface area contributed by atoms with E-state index in [1.54, 1.807) is 17.8 Å². The maximum absolute atomic E-state index is 12.7. The molecule has 2 aliphatic rings. The number of benzene rings is 1. The van der Waals surface area contributed by atoms with Crippen LogP contribution < -0.4 is 25.4 Å². The van der Waals surface area contributed by atoms with Crippen LogP contribution in [0.5, 0.6) is 11.5 Å². The van der Waals surface area contributed by atoms with Crippen molar-refractivity contribution < 1.29 is 14.3 Å². The van der Waals surface area contributed by atoms with Gasteiger partial charge in [0.05, 0.1) is 11.9 Å². The molecule has 1 aromatic carbocycles. The van der Waals surface area contributed by atoms with Crippen molar-refractivity contribution in [2.24, 2.45) is 0 Å². The number of aromatic nitrogens is 3. The second-order valence-corrected chi connectivity index (χ2v) is 7.13. The molecular weight excluding hydrogens is 372 g/mol. The van der Waals surface area contributed by atoms with E-state index in [0.717, 1.165) is 24.9 Å². The highest BCUT2D eigenvalue weighted by molar-refractivity contribution is 6.00. The number of rotatable bonds is 5. The lowest BCUT2D eigenvalue weighted by atomic mass is 9.93. The molecule has 1 aliphatic carbocycles. The third-order valence-corrected chi connectivity index (χ3v) is 5.24. The fraction of sp³-hybridized carbons (Fsp3) is 0.350. The second kappa shape index (κ2) is 7.16. The number of ether oxygens (including phenoxy) is 2. The van der Waals surface area contributed by atoms with Crippen molar-refractivity contribution in [3.8, 4) is 11.5 Å². The van der Waals surface area contributed by atoms with E-state index in [9.17, 15) is 4.79 Å². The Morgan fingerprint density at radius 1 is 1.24 bits per heavy atom. The van der Waals surface area contributed by atoms with Crippen LogP contribution in [0.2, 0.25) is 0 Å². The van der Waals surface area contributed by atoms with Gasteiger partial charge in [-0.2, -0.15) is 9.61 Å². The Kier molecular flexibility index (Phi) is 4.34. The van der Waals surface area contributed by atoms with Crippen LogP contribution in [0.1, 0.15) is 29.6 Å². The number of para-hydroxylation sites is 1. The van der Waals surface area contributed by atoms with Gasteiger partial charge in [0.25, 0.3) is 5.91 Å². The Morgan fingerprint density at radius 3 is 2.90 bits per heavy atom.